The Bertz CT molecular complexity index is 374. The zero-order valence-electron chi connectivity index (χ0n) is 11.6. The molecule has 0 aliphatic heterocycles. The lowest BCUT2D eigenvalue weighted by molar-refractivity contribution is 0.384. The Labute approximate surface area is 110 Å². The topological polar surface area (TPSA) is 65.2 Å². The van der Waals surface area contributed by atoms with Crippen LogP contribution in [-0.4, -0.2) is 12.6 Å². The van der Waals surface area contributed by atoms with Crippen molar-refractivity contribution in [3.63, 3.8) is 0 Å². The van der Waals surface area contributed by atoms with Crippen molar-refractivity contribution in [3.05, 3.63) is 23.7 Å². The summed E-state index contributed by atoms with van der Waals surface area (Å²) in [4.78, 5) is 0. The summed E-state index contributed by atoms with van der Waals surface area (Å²) in [6.07, 6.45) is 4.61. The summed E-state index contributed by atoms with van der Waals surface area (Å²) >= 11 is 0. The van der Waals surface area contributed by atoms with Gasteiger partial charge in [-0.1, -0.05) is 26.7 Å². The molecule has 1 aliphatic carbocycles. The molecule has 3 heteroatoms. The van der Waals surface area contributed by atoms with Gasteiger partial charge in [-0.2, -0.15) is 0 Å². The average molecular weight is 250 g/mol. The molecular weight excluding hydrogens is 224 g/mol. The molecule has 4 atom stereocenters. The molecule has 1 aromatic heterocycles. The molecule has 0 amide bonds. The lowest BCUT2D eigenvalue weighted by Crippen LogP contribution is -2.33. The fourth-order valence-corrected chi connectivity index (χ4v) is 2.63. The highest BCUT2D eigenvalue weighted by Gasteiger charge is 2.37. The molecule has 2 rings (SSSR count). The van der Waals surface area contributed by atoms with E-state index in [9.17, 15) is 0 Å². The van der Waals surface area contributed by atoms with Gasteiger partial charge in [-0.15, -0.1) is 0 Å². The van der Waals surface area contributed by atoms with Gasteiger partial charge in [0.15, 0.2) is 0 Å². The Balaban J connectivity index is 2.00. The minimum atomic E-state index is 0.116. The zero-order valence-corrected chi connectivity index (χ0v) is 11.6. The van der Waals surface area contributed by atoms with Crippen molar-refractivity contribution in [2.24, 2.45) is 17.4 Å². The fourth-order valence-electron chi connectivity index (χ4n) is 2.63. The predicted molar refractivity (Wildman–Crippen MR) is 74.5 cm³/mol. The van der Waals surface area contributed by atoms with E-state index in [-0.39, 0.29) is 12.0 Å². The summed E-state index contributed by atoms with van der Waals surface area (Å²) < 4.78 is 5.97. The van der Waals surface area contributed by atoms with Gasteiger partial charge >= 0.3 is 0 Å². The van der Waals surface area contributed by atoms with E-state index in [1.165, 1.54) is 12.8 Å². The van der Waals surface area contributed by atoms with E-state index < -0.39 is 0 Å². The molecule has 0 bridgehead atoms. The number of unbranched alkanes of at least 4 members (excludes halogenated alkanes) is 1. The Morgan fingerprint density at radius 1 is 1.44 bits per heavy atom. The summed E-state index contributed by atoms with van der Waals surface area (Å²) in [7, 11) is 0. The van der Waals surface area contributed by atoms with Crippen LogP contribution in [0.15, 0.2) is 16.5 Å². The molecule has 102 valence electrons. The van der Waals surface area contributed by atoms with Gasteiger partial charge < -0.3 is 15.9 Å². The first-order valence-electron chi connectivity index (χ1n) is 7.22. The normalized spacial score (nSPS) is 26.0. The molecule has 0 aromatic carbocycles. The summed E-state index contributed by atoms with van der Waals surface area (Å²) in [6.45, 7) is 5.02. The molecule has 1 heterocycles. The van der Waals surface area contributed by atoms with Gasteiger partial charge in [-0.25, -0.2) is 0 Å². The number of hydrogen-bond acceptors (Lipinski definition) is 3. The van der Waals surface area contributed by atoms with Gasteiger partial charge in [0.05, 0.1) is 0 Å². The van der Waals surface area contributed by atoms with Crippen molar-refractivity contribution in [1.29, 1.82) is 0 Å². The zero-order chi connectivity index (χ0) is 13.1. The third-order valence-corrected chi connectivity index (χ3v) is 4.15. The highest BCUT2D eigenvalue weighted by molar-refractivity contribution is 5.20. The number of furan rings is 1. The van der Waals surface area contributed by atoms with Crippen molar-refractivity contribution < 1.29 is 4.42 Å². The van der Waals surface area contributed by atoms with Crippen molar-refractivity contribution >= 4 is 0 Å². The lowest BCUT2D eigenvalue weighted by atomic mass is 9.94. The van der Waals surface area contributed by atoms with Crippen molar-refractivity contribution in [2.45, 2.75) is 57.4 Å². The molecule has 1 fully saturated rings. The van der Waals surface area contributed by atoms with E-state index >= 15 is 0 Å². The summed E-state index contributed by atoms with van der Waals surface area (Å²) in [6, 6.07) is 4.30. The van der Waals surface area contributed by atoms with Crippen LogP contribution in [0.4, 0.5) is 0 Å². The van der Waals surface area contributed by atoms with Gasteiger partial charge in [0.1, 0.15) is 11.5 Å². The van der Waals surface area contributed by atoms with E-state index in [4.69, 9.17) is 15.9 Å². The largest absolute Gasteiger partial charge is 0.465 e. The van der Waals surface area contributed by atoms with Crippen LogP contribution in [0.25, 0.3) is 0 Å². The first kappa shape index (κ1) is 13.6. The van der Waals surface area contributed by atoms with Crippen LogP contribution in [0.2, 0.25) is 0 Å². The van der Waals surface area contributed by atoms with Crippen LogP contribution in [-0.2, 0) is 0 Å². The van der Waals surface area contributed by atoms with Crippen LogP contribution in [0.3, 0.4) is 0 Å². The second-order valence-corrected chi connectivity index (χ2v) is 5.71. The molecule has 4 N–H and O–H groups in total. The third kappa shape index (κ3) is 2.96. The van der Waals surface area contributed by atoms with E-state index in [1.54, 1.807) is 0 Å². The first-order chi connectivity index (χ1) is 8.67. The van der Waals surface area contributed by atoms with Gasteiger partial charge in [0.2, 0.25) is 0 Å². The van der Waals surface area contributed by atoms with Gasteiger partial charge in [0, 0.05) is 24.4 Å². The molecule has 1 aromatic rings. The van der Waals surface area contributed by atoms with Crippen molar-refractivity contribution in [2.75, 3.05) is 6.54 Å². The van der Waals surface area contributed by atoms with Gasteiger partial charge in [-0.3, -0.25) is 0 Å². The summed E-state index contributed by atoms with van der Waals surface area (Å²) in [5, 5.41) is 0. The highest BCUT2D eigenvalue weighted by Crippen LogP contribution is 2.47. The maximum absolute atomic E-state index is 6.23. The van der Waals surface area contributed by atoms with Crippen molar-refractivity contribution in [1.82, 2.24) is 0 Å². The number of hydrogen-bond donors (Lipinski definition) is 2. The minimum absolute atomic E-state index is 0.116. The Kier molecular flexibility index (Phi) is 4.46. The maximum atomic E-state index is 6.23. The number of rotatable bonds is 7. The molecule has 4 unspecified atom stereocenters. The van der Waals surface area contributed by atoms with Crippen LogP contribution < -0.4 is 11.5 Å². The summed E-state index contributed by atoms with van der Waals surface area (Å²) in [5.41, 5.74) is 12.1. The molecular formula is C15H26N2O. The van der Waals surface area contributed by atoms with Crippen LogP contribution >= 0.6 is 0 Å². The fraction of sp³-hybridized carbons (Fsp3) is 0.733. The molecule has 0 saturated heterocycles. The van der Waals surface area contributed by atoms with E-state index in [0.717, 1.165) is 30.3 Å². The molecule has 0 radical (unpaired) electrons. The Morgan fingerprint density at radius 2 is 2.17 bits per heavy atom. The second kappa shape index (κ2) is 5.89. The standard InChI is InChI=1S/C15H26N2O/c1-3-4-5-13(17)12(9-16)15-7-6-14(18-15)11-8-10(11)2/h6-7,10-13H,3-5,8-9,16-17H2,1-2H3. The van der Waals surface area contributed by atoms with Gasteiger partial charge in [-0.05, 0) is 30.9 Å². The van der Waals surface area contributed by atoms with Gasteiger partial charge in [0.25, 0.3) is 0 Å². The maximum Gasteiger partial charge on any atom is 0.110 e. The van der Waals surface area contributed by atoms with E-state index in [1.807, 2.05) is 0 Å². The molecule has 1 aliphatic rings. The third-order valence-electron chi connectivity index (χ3n) is 4.15. The van der Waals surface area contributed by atoms with Crippen molar-refractivity contribution in [3.8, 4) is 0 Å². The second-order valence-electron chi connectivity index (χ2n) is 5.71. The first-order valence-corrected chi connectivity index (χ1v) is 7.22. The monoisotopic (exact) mass is 250 g/mol. The van der Waals surface area contributed by atoms with E-state index in [2.05, 4.69) is 26.0 Å². The molecule has 3 nitrogen and oxygen atoms in total. The quantitative estimate of drug-likeness (QED) is 0.782. The average Bonchev–Trinajstić information content (AvgIpc) is 2.90. The minimum Gasteiger partial charge on any atom is -0.465 e. The predicted octanol–water partition coefficient (Wildman–Crippen LogP) is 2.96. The highest BCUT2D eigenvalue weighted by atomic mass is 16.3. The number of nitrogens with two attached hydrogens (primary N) is 2. The lowest BCUT2D eigenvalue weighted by Gasteiger charge is -2.20. The van der Waals surface area contributed by atoms with Crippen LogP contribution in [0.1, 0.15) is 62.9 Å². The Morgan fingerprint density at radius 3 is 2.72 bits per heavy atom. The smallest absolute Gasteiger partial charge is 0.110 e. The van der Waals surface area contributed by atoms with Crippen LogP contribution in [0.5, 0.6) is 0 Å². The molecule has 0 spiro atoms. The summed E-state index contributed by atoms with van der Waals surface area (Å²) in [5.74, 6) is 3.67. The molecule has 18 heavy (non-hydrogen) atoms. The van der Waals surface area contributed by atoms with E-state index in [0.29, 0.717) is 12.5 Å². The SMILES string of the molecule is CCCCC(N)C(CN)c1ccc(C2CC2C)o1. The van der Waals surface area contributed by atoms with Crippen LogP contribution in [0, 0.1) is 5.92 Å². The Hall–Kier alpha value is -0.800. The molecule has 1 saturated carbocycles.